The Kier molecular flexibility index (Phi) is 6.38. The van der Waals surface area contributed by atoms with Gasteiger partial charge in [0.05, 0.1) is 24.2 Å². The highest BCUT2D eigenvalue weighted by molar-refractivity contribution is 6.30. The molecule has 0 aromatic heterocycles. The smallest absolute Gasteiger partial charge is 0.223 e. The molecular formula is C17H17ClFNO3. The molecular weight excluding hydrogens is 321 g/mol. The molecule has 0 radical (unpaired) electrons. The van der Waals surface area contributed by atoms with Crippen molar-refractivity contribution in [1.82, 2.24) is 5.32 Å². The number of aliphatic hydroxyl groups excluding tert-OH is 1. The highest BCUT2D eigenvalue weighted by Gasteiger charge is 2.11. The van der Waals surface area contributed by atoms with Gasteiger partial charge in [-0.05, 0) is 29.8 Å². The summed E-state index contributed by atoms with van der Waals surface area (Å²) in [5, 5.41) is 12.5. The number of hydrogen-bond acceptors (Lipinski definition) is 3. The summed E-state index contributed by atoms with van der Waals surface area (Å²) in [7, 11) is 0. The van der Waals surface area contributed by atoms with Crippen LogP contribution in [0.2, 0.25) is 5.02 Å². The molecule has 1 unspecified atom stereocenters. The maximum atomic E-state index is 13.3. The van der Waals surface area contributed by atoms with Gasteiger partial charge in [0.2, 0.25) is 5.91 Å². The number of carbonyl (C=O) groups is 1. The van der Waals surface area contributed by atoms with Gasteiger partial charge in [-0.25, -0.2) is 4.39 Å². The molecule has 2 aromatic carbocycles. The molecule has 2 N–H and O–H groups in total. The Morgan fingerprint density at radius 2 is 2.00 bits per heavy atom. The van der Waals surface area contributed by atoms with E-state index in [0.29, 0.717) is 11.3 Å². The number of carbonyl (C=O) groups excluding carboxylic acids is 1. The minimum atomic E-state index is -0.999. The zero-order valence-corrected chi connectivity index (χ0v) is 13.1. The summed E-state index contributed by atoms with van der Waals surface area (Å²) in [5.74, 6) is -0.169. The van der Waals surface area contributed by atoms with Gasteiger partial charge in [0.15, 0.2) is 0 Å². The van der Waals surface area contributed by atoms with Crippen molar-refractivity contribution in [2.45, 2.75) is 12.5 Å². The summed E-state index contributed by atoms with van der Waals surface area (Å²) in [6, 6.07) is 13.2. The van der Waals surface area contributed by atoms with E-state index in [1.165, 1.54) is 12.1 Å². The van der Waals surface area contributed by atoms with Gasteiger partial charge in [0.1, 0.15) is 11.6 Å². The highest BCUT2D eigenvalue weighted by atomic mass is 35.5. The van der Waals surface area contributed by atoms with E-state index < -0.39 is 11.9 Å². The van der Waals surface area contributed by atoms with Crippen molar-refractivity contribution in [1.29, 1.82) is 0 Å². The second kappa shape index (κ2) is 8.50. The number of ether oxygens (including phenoxy) is 1. The minimum Gasteiger partial charge on any atom is -0.493 e. The highest BCUT2D eigenvalue weighted by Crippen LogP contribution is 2.19. The van der Waals surface area contributed by atoms with E-state index in [2.05, 4.69) is 5.32 Å². The zero-order chi connectivity index (χ0) is 16.7. The van der Waals surface area contributed by atoms with Crippen LogP contribution in [-0.2, 0) is 4.79 Å². The van der Waals surface area contributed by atoms with Crippen LogP contribution < -0.4 is 10.1 Å². The molecule has 2 aromatic rings. The van der Waals surface area contributed by atoms with E-state index in [1.807, 2.05) is 18.2 Å². The quantitative estimate of drug-likeness (QED) is 0.816. The first-order chi connectivity index (χ1) is 11.1. The number of nitrogens with one attached hydrogen (secondary N) is 1. The predicted molar refractivity (Wildman–Crippen MR) is 85.9 cm³/mol. The van der Waals surface area contributed by atoms with E-state index >= 15 is 0 Å². The van der Waals surface area contributed by atoms with Crippen LogP contribution in [0.15, 0.2) is 48.5 Å². The lowest BCUT2D eigenvalue weighted by Gasteiger charge is -2.13. The Hall–Kier alpha value is -2.11. The van der Waals surface area contributed by atoms with Crippen molar-refractivity contribution in [2.75, 3.05) is 13.2 Å². The fourth-order valence-corrected chi connectivity index (χ4v) is 2.03. The van der Waals surface area contributed by atoms with Gasteiger partial charge in [-0.3, -0.25) is 4.79 Å². The van der Waals surface area contributed by atoms with Crippen molar-refractivity contribution < 1.29 is 19.0 Å². The molecule has 2 rings (SSSR count). The maximum absolute atomic E-state index is 13.3. The monoisotopic (exact) mass is 337 g/mol. The third-order valence-corrected chi connectivity index (χ3v) is 3.47. The zero-order valence-electron chi connectivity index (χ0n) is 12.3. The molecule has 0 fully saturated rings. The summed E-state index contributed by atoms with van der Waals surface area (Å²) in [5.41, 5.74) is 0.354. The van der Waals surface area contributed by atoms with Crippen molar-refractivity contribution in [3.05, 3.63) is 64.9 Å². The summed E-state index contributed by atoms with van der Waals surface area (Å²) in [6.45, 7) is 0.229. The average molecular weight is 338 g/mol. The molecule has 1 atom stereocenters. The molecule has 0 saturated heterocycles. The van der Waals surface area contributed by atoms with Crippen LogP contribution in [0, 0.1) is 5.82 Å². The van der Waals surface area contributed by atoms with E-state index in [1.54, 1.807) is 12.1 Å². The molecule has 0 heterocycles. The van der Waals surface area contributed by atoms with Gasteiger partial charge in [0.25, 0.3) is 0 Å². The Morgan fingerprint density at radius 3 is 2.70 bits per heavy atom. The molecule has 0 bridgehead atoms. The van der Waals surface area contributed by atoms with Crippen LogP contribution in [0.25, 0.3) is 0 Å². The summed E-state index contributed by atoms with van der Waals surface area (Å²) >= 11 is 5.58. The van der Waals surface area contributed by atoms with Gasteiger partial charge < -0.3 is 15.2 Å². The van der Waals surface area contributed by atoms with Crippen LogP contribution >= 0.6 is 11.6 Å². The number of rotatable bonds is 7. The lowest BCUT2D eigenvalue weighted by atomic mass is 10.1. The number of benzene rings is 2. The van der Waals surface area contributed by atoms with Crippen LogP contribution in [0.4, 0.5) is 4.39 Å². The molecule has 0 saturated carbocycles. The second-order valence-corrected chi connectivity index (χ2v) is 5.31. The molecule has 0 aliphatic carbocycles. The Morgan fingerprint density at radius 1 is 1.26 bits per heavy atom. The summed E-state index contributed by atoms with van der Waals surface area (Å²) in [6.07, 6.45) is -0.836. The fraction of sp³-hybridized carbons (Fsp3) is 0.235. The standard InChI is InChI=1S/C17H17ClFNO3/c18-14-7-6-12(10-15(14)19)16(21)11-20-17(22)8-9-23-13-4-2-1-3-5-13/h1-7,10,16,21H,8-9,11H2,(H,20,22). The van der Waals surface area contributed by atoms with E-state index in [0.717, 1.165) is 6.07 Å². The summed E-state index contributed by atoms with van der Waals surface area (Å²) in [4.78, 5) is 11.7. The van der Waals surface area contributed by atoms with Crippen LogP contribution in [0.3, 0.4) is 0 Å². The first kappa shape index (κ1) is 17.2. The number of halogens is 2. The van der Waals surface area contributed by atoms with E-state index in [-0.39, 0.29) is 30.5 Å². The van der Waals surface area contributed by atoms with Gasteiger partial charge in [-0.2, -0.15) is 0 Å². The average Bonchev–Trinajstić information content (AvgIpc) is 2.56. The van der Waals surface area contributed by atoms with Crippen molar-refractivity contribution in [2.24, 2.45) is 0 Å². The minimum absolute atomic E-state index is 0.00869. The molecule has 4 nitrogen and oxygen atoms in total. The summed E-state index contributed by atoms with van der Waals surface area (Å²) < 4.78 is 18.7. The lowest BCUT2D eigenvalue weighted by molar-refractivity contribution is -0.122. The number of amides is 1. The van der Waals surface area contributed by atoms with Gasteiger partial charge >= 0.3 is 0 Å². The number of aliphatic hydroxyl groups is 1. The van der Waals surface area contributed by atoms with Crippen molar-refractivity contribution in [3.8, 4) is 5.75 Å². The Bertz CT molecular complexity index is 652. The molecule has 0 spiro atoms. The maximum Gasteiger partial charge on any atom is 0.223 e. The Balaban J connectivity index is 1.72. The molecule has 122 valence electrons. The molecule has 0 aliphatic rings. The third kappa shape index (κ3) is 5.54. The second-order valence-electron chi connectivity index (χ2n) is 4.90. The normalized spacial score (nSPS) is 11.8. The molecule has 23 heavy (non-hydrogen) atoms. The molecule has 6 heteroatoms. The van der Waals surface area contributed by atoms with E-state index in [9.17, 15) is 14.3 Å². The van der Waals surface area contributed by atoms with Gasteiger partial charge in [0, 0.05) is 6.54 Å². The first-order valence-electron chi connectivity index (χ1n) is 7.14. The first-order valence-corrected chi connectivity index (χ1v) is 7.51. The van der Waals surface area contributed by atoms with Crippen molar-refractivity contribution in [3.63, 3.8) is 0 Å². The van der Waals surface area contributed by atoms with E-state index in [4.69, 9.17) is 16.3 Å². The largest absolute Gasteiger partial charge is 0.493 e. The van der Waals surface area contributed by atoms with Crippen molar-refractivity contribution >= 4 is 17.5 Å². The van der Waals surface area contributed by atoms with Crippen LogP contribution in [0.5, 0.6) is 5.75 Å². The van der Waals surface area contributed by atoms with Gasteiger partial charge in [-0.15, -0.1) is 0 Å². The third-order valence-electron chi connectivity index (χ3n) is 3.16. The molecule has 1 amide bonds. The Labute approximate surface area is 138 Å². The number of para-hydroxylation sites is 1. The predicted octanol–water partition coefficient (Wildman–Crippen LogP) is 3.10. The number of hydrogen-bond donors (Lipinski definition) is 2. The molecule has 0 aliphatic heterocycles. The van der Waals surface area contributed by atoms with Crippen LogP contribution in [-0.4, -0.2) is 24.2 Å². The SMILES string of the molecule is O=C(CCOc1ccccc1)NCC(O)c1ccc(Cl)c(F)c1. The fourth-order valence-electron chi connectivity index (χ4n) is 1.91. The van der Waals surface area contributed by atoms with Crippen LogP contribution in [0.1, 0.15) is 18.1 Å². The van der Waals surface area contributed by atoms with Gasteiger partial charge in [-0.1, -0.05) is 35.9 Å². The lowest BCUT2D eigenvalue weighted by Crippen LogP contribution is -2.29. The topological polar surface area (TPSA) is 58.6 Å².